The maximum atomic E-state index is 10.8. The van der Waals surface area contributed by atoms with Crippen LogP contribution in [0.4, 0.5) is 4.79 Å². The quantitative estimate of drug-likeness (QED) is 0.883. The molecule has 92 valence electrons. The summed E-state index contributed by atoms with van der Waals surface area (Å²) in [6.07, 6.45) is -0.700. The third-order valence-electron chi connectivity index (χ3n) is 2.37. The Morgan fingerprint density at radius 3 is 3.06 bits per heavy atom. The number of rotatable bonds is 4. The summed E-state index contributed by atoms with van der Waals surface area (Å²) in [5.41, 5.74) is 0.691. The molecule has 1 aromatic carbocycles. The molecule has 1 fully saturated rings. The van der Waals surface area contributed by atoms with Gasteiger partial charge in [0.25, 0.3) is 0 Å². The van der Waals surface area contributed by atoms with Gasteiger partial charge in [0.15, 0.2) is 6.10 Å². The first-order chi connectivity index (χ1) is 8.19. The molecule has 1 saturated heterocycles. The van der Waals surface area contributed by atoms with Crippen LogP contribution in [-0.2, 0) is 11.3 Å². The van der Waals surface area contributed by atoms with E-state index in [1.165, 1.54) is 0 Å². The number of aliphatic hydroxyl groups is 1. The highest BCUT2D eigenvalue weighted by Crippen LogP contribution is 2.23. The zero-order valence-corrected chi connectivity index (χ0v) is 10.6. The predicted octanol–water partition coefficient (Wildman–Crippen LogP) is 1.43. The molecule has 2 N–H and O–H groups in total. The Labute approximate surface area is 107 Å². The van der Waals surface area contributed by atoms with E-state index in [1.54, 1.807) is 12.1 Å². The molecular formula is C11H12BrNO4. The molecule has 0 aromatic heterocycles. The van der Waals surface area contributed by atoms with Crippen LogP contribution in [0.2, 0.25) is 0 Å². The Morgan fingerprint density at radius 2 is 2.41 bits per heavy atom. The molecule has 6 heteroatoms. The number of nitrogens with one attached hydrogen (secondary N) is 1. The molecule has 1 aliphatic heterocycles. The Balaban J connectivity index is 1.96. The summed E-state index contributed by atoms with van der Waals surface area (Å²) in [7, 11) is 0. The van der Waals surface area contributed by atoms with Gasteiger partial charge >= 0.3 is 6.09 Å². The zero-order chi connectivity index (χ0) is 12.3. The highest BCUT2D eigenvalue weighted by Gasteiger charge is 2.23. The highest BCUT2D eigenvalue weighted by molar-refractivity contribution is 9.10. The van der Waals surface area contributed by atoms with Gasteiger partial charge in [-0.2, -0.15) is 0 Å². The Kier molecular flexibility index (Phi) is 3.86. The van der Waals surface area contributed by atoms with E-state index in [2.05, 4.69) is 21.2 Å². The Bertz CT molecular complexity index is 424. The van der Waals surface area contributed by atoms with Crippen molar-refractivity contribution in [2.75, 3.05) is 13.2 Å². The van der Waals surface area contributed by atoms with Crippen LogP contribution < -0.4 is 10.1 Å². The summed E-state index contributed by atoms with van der Waals surface area (Å²) in [5.74, 6) is 0.596. The van der Waals surface area contributed by atoms with Crippen LogP contribution in [-0.4, -0.2) is 30.5 Å². The lowest BCUT2D eigenvalue weighted by Crippen LogP contribution is -2.22. The third-order valence-corrected chi connectivity index (χ3v) is 2.86. The topological polar surface area (TPSA) is 67.8 Å². The van der Waals surface area contributed by atoms with Crippen molar-refractivity contribution in [3.8, 4) is 5.75 Å². The first-order valence-electron chi connectivity index (χ1n) is 5.15. The molecule has 1 heterocycles. The van der Waals surface area contributed by atoms with E-state index in [9.17, 15) is 9.90 Å². The summed E-state index contributed by atoms with van der Waals surface area (Å²) in [4.78, 5) is 10.8. The van der Waals surface area contributed by atoms with Gasteiger partial charge in [-0.1, -0.05) is 15.9 Å². The predicted molar refractivity (Wildman–Crippen MR) is 63.8 cm³/mol. The Hall–Kier alpha value is -1.27. The van der Waals surface area contributed by atoms with Crippen molar-refractivity contribution in [2.24, 2.45) is 0 Å². The second-order valence-corrected chi connectivity index (χ2v) is 4.55. The summed E-state index contributed by atoms with van der Waals surface area (Å²) >= 11 is 3.32. The Morgan fingerprint density at radius 1 is 1.59 bits per heavy atom. The second kappa shape index (κ2) is 5.37. The molecule has 0 bridgehead atoms. The van der Waals surface area contributed by atoms with Crippen LogP contribution in [0, 0.1) is 0 Å². The monoisotopic (exact) mass is 301 g/mol. The van der Waals surface area contributed by atoms with Gasteiger partial charge in [0.1, 0.15) is 12.4 Å². The molecule has 1 aromatic rings. The number of cyclic esters (lactones) is 1. The maximum absolute atomic E-state index is 10.8. The van der Waals surface area contributed by atoms with E-state index in [-0.39, 0.29) is 19.3 Å². The number of carbonyl (C=O) groups is 1. The number of carbonyl (C=O) groups excluding carboxylic acids is 1. The first-order valence-corrected chi connectivity index (χ1v) is 5.95. The molecule has 17 heavy (non-hydrogen) atoms. The van der Waals surface area contributed by atoms with Crippen molar-refractivity contribution in [2.45, 2.75) is 12.7 Å². The van der Waals surface area contributed by atoms with Crippen molar-refractivity contribution in [1.82, 2.24) is 5.32 Å². The lowest BCUT2D eigenvalue weighted by atomic mass is 10.2. The number of halogens is 1. The number of amides is 1. The smallest absolute Gasteiger partial charge is 0.407 e. The number of hydrogen-bond acceptors (Lipinski definition) is 4. The molecule has 2 rings (SSSR count). The van der Waals surface area contributed by atoms with Gasteiger partial charge in [0.05, 0.1) is 13.2 Å². The normalized spacial score (nSPS) is 18.7. The molecule has 0 aliphatic carbocycles. The van der Waals surface area contributed by atoms with Gasteiger partial charge < -0.3 is 19.9 Å². The second-order valence-electron chi connectivity index (χ2n) is 3.63. The van der Waals surface area contributed by atoms with Gasteiger partial charge in [0, 0.05) is 10.0 Å². The summed E-state index contributed by atoms with van der Waals surface area (Å²) in [6.45, 7) is 0.620. The van der Waals surface area contributed by atoms with Crippen molar-refractivity contribution < 1.29 is 19.4 Å². The minimum atomic E-state index is -0.420. The number of ether oxygens (including phenoxy) is 2. The van der Waals surface area contributed by atoms with Crippen LogP contribution in [0.3, 0.4) is 0 Å². The van der Waals surface area contributed by atoms with Gasteiger partial charge in [0.2, 0.25) is 0 Å². The van der Waals surface area contributed by atoms with Crippen molar-refractivity contribution in [3.05, 3.63) is 28.2 Å². The number of aliphatic hydroxyl groups excluding tert-OH is 1. The molecule has 1 unspecified atom stereocenters. The SMILES string of the molecule is O=C1NCC(COc2ccc(Br)cc2CO)O1. The minimum Gasteiger partial charge on any atom is -0.489 e. The third kappa shape index (κ3) is 3.10. The molecule has 5 nitrogen and oxygen atoms in total. The van der Waals surface area contributed by atoms with E-state index in [4.69, 9.17) is 9.47 Å². The average Bonchev–Trinajstić information content (AvgIpc) is 2.73. The zero-order valence-electron chi connectivity index (χ0n) is 8.98. The van der Waals surface area contributed by atoms with Gasteiger partial charge in [-0.15, -0.1) is 0 Å². The lowest BCUT2D eigenvalue weighted by Gasteiger charge is -2.13. The highest BCUT2D eigenvalue weighted by atomic mass is 79.9. The van der Waals surface area contributed by atoms with Gasteiger partial charge in [-0.25, -0.2) is 4.79 Å². The number of alkyl carbamates (subject to hydrolysis) is 1. The van der Waals surface area contributed by atoms with Gasteiger partial charge in [-0.05, 0) is 18.2 Å². The fourth-order valence-corrected chi connectivity index (χ4v) is 1.93. The molecule has 1 aliphatic rings. The molecular weight excluding hydrogens is 290 g/mol. The fourth-order valence-electron chi connectivity index (χ4n) is 1.52. The maximum Gasteiger partial charge on any atom is 0.407 e. The van der Waals surface area contributed by atoms with Crippen LogP contribution in [0.1, 0.15) is 5.56 Å². The van der Waals surface area contributed by atoms with E-state index in [0.717, 1.165) is 4.47 Å². The average molecular weight is 302 g/mol. The summed E-state index contributed by atoms with van der Waals surface area (Å²) in [6, 6.07) is 5.38. The lowest BCUT2D eigenvalue weighted by molar-refractivity contribution is 0.104. The van der Waals surface area contributed by atoms with Crippen molar-refractivity contribution >= 4 is 22.0 Å². The fraction of sp³-hybridized carbons (Fsp3) is 0.364. The largest absolute Gasteiger partial charge is 0.489 e. The molecule has 1 atom stereocenters. The van der Waals surface area contributed by atoms with Crippen LogP contribution >= 0.6 is 15.9 Å². The molecule has 0 spiro atoms. The van der Waals surface area contributed by atoms with E-state index >= 15 is 0 Å². The van der Waals surface area contributed by atoms with Crippen LogP contribution in [0.15, 0.2) is 22.7 Å². The van der Waals surface area contributed by atoms with E-state index in [1.807, 2.05) is 6.07 Å². The standard InChI is InChI=1S/C11H12BrNO4/c12-8-1-2-10(7(3-8)5-14)16-6-9-4-13-11(15)17-9/h1-3,9,14H,4-6H2,(H,13,15). The van der Waals surface area contributed by atoms with E-state index < -0.39 is 6.09 Å². The minimum absolute atomic E-state index is 0.0997. The summed E-state index contributed by atoms with van der Waals surface area (Å²) in [5, 5.41) is 11.7. The molecule has 1 amide bonds. The summed E-state index contributed by atoms with van der Waals surface area (Å²) < 4.78 is 11.3. The number of hydrogen-bond donors (Lipinski definition) is 2. The van der Waals surface area contributed by atoms with Crippen LogP contribution in [0.5, 0.6) is 5.75 Å². The molecule has 0 saturated carbocycles. The number of benzene rings is 1. The van der Waals surface area contributed by atoms with Crippen molar-refractivity contribution in [1.29, 1.82) is 0 Å². The molecule has 0 radical (unpaired) electrons. The van der Waals surface area contributed by atoms with Gasteiger partial charge in [-0.3, -0.25) is 0 Å². The van der Waals surface area contributed by atoms with Crippen molar-refractivity contribution in [3.63, 3.8) is 0 Å². The van der Waals surface area contributed by atoms with E-state index in [0.29, 0.717) is 17.9 Å². The van der Waals surface area contributed by atoms with Crippen LogP contribution in [0.25, 0.3) is 0 Å². The first kappa shape index (κ1) is 12.2.